The van der Waals surface area contributed by atoms with Crippen molar-refractivity contribution in [1.82, 2.24) is 4.98 Å². The minimum absolute atomic E-state index is 0.0267. The molecule has 33 heavy (non-hydrogen) atoms. The van der Waals surface area contributed by atoms with Gasteiger partial charge in [-0.2, -0.15) is 0 Å². The van der Waals surface area contributed by atoms with Crippen LogP contribution >= 0.6 is 11.3 Å². The molecule has 3 rings (SSSR count). The van der Waals surface area contributed by atoms with Gasteiger partial charge in [0, 0.05) is 17.0 Å². The third-order valence-electron chi connectivity index (χ3n) is 5.50. The van der Waals surface area contributed by atoms with Gasteiger partial charge >= 0.3 is 5.97 Å². The fourth-order valence-electron chi connectivity index (χ4n) is 3.51. The Morgan fingerprint density at radius 3 is 2.27 bits per heavy atom. The van der Waals surface area contributed by atoms with Crippen LogP contribution in [0.5, 0.6) is 0 Å². The zero-order valence-electron chi connectivity index (χ0n) is 20.1. The number of carbonyl (C=O) groups is 1. The van der Waals surface area contributed by atoms with Gasteiger partial charge in [-0.1, -0.05) is 51.1 Å². The smallest absolute Gasteiger partial charge is 0.338 e. The van der Waals surface area contributed by atoms with Gasteiger partial charge in [0.2, 0.25) is 0 Å². The molecule has 1 aromatic heterocycles. The number of nitrogens with zero attached hydrogens (tertiary/aromatic N) is 2. The Labute approximate surface area is 200 Å². The SMILES string of the molecule is CCN(c1nc(-c2ccc(C(C)(C)C)cc2)sc1C)S(=O)(=O)c1ccc(C)c(C(=O)OC)c1. The minimum Gasteiger partial charge on any atom is -0.465 e. The molecule has 8 heteroatoms. The summed E-state index contributed by atoms with van der Waals surface area (Å²) in [6, 6.07) is 12.7. The lowest BCUT2D eigenvalue weighted by molar-refractivity contribution is 0.0599. The molecule has 1 heterocycles. The largest absolute Gasteiger partial charge is 0.465 e. The van der Waals surface area contributed by atoms with Crippen LogP contribution in [0.3, 0.4) is 0 Å². The first-order chi connectivity index (χ1) is 15.4. The van der Waals surface area contributed by atoms with Gasteiger partial charge in [-0.25, -0.2) is 22.5 Å². The van der Waals surface area contributed by atoms with E-state index in [1.54, 1.807) is 19.9 Å². The van der Waals surface area contributed by atoms with Gasteiger partial charge in [-0.3, -0.25) is 0 Å². The lowest BCUT2D eigenvalue weighted by Gasteiger charge is -2.22. The Bertz CT molecular complexity index is 1270. The molecule has 0 N–H and O–H groups in total. The molecular weight excluding hydrogens is 456 g/mol. The van der Waals surface area contributed by atoms with Crippen LogP contribution in [0.4, 0.5) is 5.82 Å². The highest BCUT2D eigenvalue weighted by Gasteiger charge is 2.29. The summed E-state index contributed by atoms with van der Waals surface area (Å²) in [5.74, 6) is -0.170. The summed E-state index contributed by atoms with van der Waals surface area (Å²) in [5, 5.41) is 0.760. The van der Waals surface area contributed by atoms with E-state index in [1.807, 2.05) is 19.1 Å². The third-order valence-corrected chi connectivity index (χ3v) is 8.37. The van der Waals surface area contributed by atoms with Gasteiger partial charge in [-0.05, 0) is 49.4 Å². The van der Waals surface area contributed by atoms with Gasteiger partial charge in [0.15, 0.2) is 5.82 Å². The Morgan fingerprint density at radius 2 is 1.73 bits per heavy atom. The molecule has 0 radical (unpaired) electrons. The molecule has 0 fully saturated rings. The number of benzene rings is 2. The number of aromatic nitrogens is 1. The summed E-state index contributed by atoms with van der Waals surface area (Å²) >= 11 is 1.46. The summed E-state index contributed by atoms with van der Waals surface area (Å²) in [6.07, 6.45) is 0. The number of hydrogen-bond donors (Lipinski definition) is 0. The minimum atomic E-state index is -3.93. The van der Waals surface area contributed by atoms with Gasteiger partial charge in [0.25, 0.3) is 10.0 Å². The van der Waals surface area contributed by atoms with Crippen molar-refractivity contribution in [3.63, 3.8) is 0 Å². The lowest BCUT2D eigenvalue weighted by atomic mass is 9.87. The average Bonchev–Trinajstić information content (AvgIpc) is 3.14. The number of anilines is 1. The van der Waals surface area contributed by atoms with E-state index in [2.05, 4.69) is 32.9 Å². The molecule has 3 aromatic rings. The number of sulfonamides is 1. The molecule has 0 unspecified atom stereocenters. The maximum absolute atomic E-state index is 13.5. The number of rotatable bonds is 6. The zero-order chi connectivity index (χ0) is 24.6. The normalized spacial score (nSPS) is 12.0. The second kappa shape index (κ2) is 9.27. The predicted octanol–water partition coefficient (Wildman–Crippen LogP) is 5.73. The van der Waals surface area contributed by atoms with Crippen LogP contribution in [0.2, 0.25) is 0 Å². The van der Waals surface area contributed by atoms with Crippen LogP contribution in [0, 0.1) is 13.8 Å². The van der Waals surface area contributed by atoms with E-state index < -0.39 is 16.0 Å². The molecule has 0 amide bonds. The Balaban J connectivity index is 2.02. The highest BCUT2D eigenvalue weighted by Crippen LogP contribution is 2.36. The molecule has 2 aromatic carbocycles. The van der Waals surface area contributed by atoms with Crippen LogP contribution in [-0.2, 0) is 20.2 Å². The van der Waals surface area contributed by atoms with Crippen molar-refractivity contribution in [3.05, 3.63) is 64.0 Å². The van der Waals surface area contributed by atoms with Crippen molar-refractivity contribution in [1.29, 1.82) is 0 Å². The first kappa shape index (κ1) is 24.9. The highest BCUT2D eigenvalue weighted by molar-refractivity contribution is 7.92. The molecule has 0 aliphatic heterocycles. The number of thiazole rings is 1. The van der Waals surface area contributed by atoms with Crippen molar-refractivity contribution in [3.8, 4) is 10.6 Å². The fraction of sp³-hybridized carbons (Fsp3) is 0.360. The Kier molecular flexibility index (Phi) is 7.00. The molecule has 0 bridgehead atoms. The summed E-state index contributed by atoms with van der Waals surface area (Å²) in [4.78, 5) is 17.6. The summed E-state index contributed by atoms with van der Waals surface area (Å²) in [6.45, 7) is 12.1. The van der Waals surface area contributed by atoms with Gasteiger partial charge in [-0.15, -0.1) is 11.3 Å². The monoisotopic (exact) mass is 486 g/mol. The molecule has 0 saturated heterocycles. The molecule has 176 valence electrons. The highest BCUT2D eigenvalue weighted by atomic mass is 32.2. The van der Waals surface area contributed by atoms with E-state index in [9.17, 15) is 13.2 Å². The summed E-state index contributed by atoms with van der Waals surface area (Å²) in [7, 11) is -2.66. The third kappa shape index (κ3) is 4.96. The summed E-state index contributed by atoms with van der Waals surface area (Å²) in [5.41, 5.74) is 3.09. The van der Waals surface area contributed by atoms with E-state index in [0.29, 0.717) is 11.4 Å². The quantitative estimate of drug-likeness (QED) is 0.416. The van der Waals surface area contributed by atoms with Crippen LogP contribution < -0.4 is 4.31 Å². The molecule has 0 atom stereocenters. The molecule has 0 spiro atoms. The molecule has 6 nitrogen and oxygen atoms in total. The van der Waals surface area contributed by atoms with E-state index >= 15 is 0 Å². The number of hydrogen-bond acceptors (Lipinski definition) is 6. The predicted molar refractivity (Wildman–Crippen MR) is 134 cm³/mol. The first-order valence-corrected chi connectivity index (χ1v) is 13.0. The van der Waals surface area contributed by atoms with Gasteiger partial charge in [0.05, 0.1) is 17.6 Å². The second-order valence-electron chi connectivity index (χ2n) is 8.86. The number of methoxy groups -OCH3 is 1. The van der Waals surface area contributed by atoms with Crippen molar-refractivity contribution < 1.29 is 17.9 Å². The second-order valence-corrected chi connectivity index (χ2v) is 11.9. The van der Waals surface area contributed by atoms with Crippen LogP contribution in [0.25, 0.3) is 10.6 Å². The summed E-state index contributed by atoms with van der Waals surface area (Å²) < 4.78 is 33.1. The van der Waals surface area contributed by atoms with Crippen molar-refractivity contribution in [2.45, 2.75) is 51.9 Å². The molecule has 0 aliphatic carbocycles. The Hall–Kier alpha value is -2.71. The van der Waals surface area contributed by atoms with E-state index in [1.165, 1.54) is 40.4 Å². The maximum atomic E-state index is 13.5. The zero-order valence-corrected chi connectivity index (χ0v) is 21.7. The number of esters is 1. The molecule has 0 aliphatic rings. The number of aryl methyl sites for hydroxylation is 2. The maximum Gasteiger partial charge on any atom is 0.338 e. The molecular formula is C25H30N2O4S2. The first-order valence-electron chi connectivity index (χ1n) is 10.7. The van der Waals surface area contributed by atoms with Crippen molar-refractivity contribution in [2.24, 2.45) is 0 Å². The number of ether oxygens (including phenoxy) is 1. The van der Waals surface area contributed by atoms with Gasteiger partial charge < -0.3 is 4.74 Å². The topological polar surface area (TPSA) is 76.6 Å². The fourth-order valence-corrected chi connectivity index (χ4v) is 6.00. The van der Waals surface area contributed by atoms with E-state index in [4.69, 9.17) is 9.72 Å². The van der Waals surface area contributed by atoms with Crippen LogP contribution in [-0.4, -0.2) is 33.0 Å². The van der Waals surface area contributed by atoms with Crippen LogP contribution in [0.15, 0.2) is 47.4 Å². The number of carbonyl (C=O) groups excluding carboxylic acids is 1. The standard InChI is InChI=1S/C25H30N2O4S2/c1-8-27(33(29,30)20-14-9-16(2)21(15-20)24(28)31-7)22-17(3)32-23(26-22)18-10-12-19(13-11-18)25(4,5)6/h9-15H,8H2,1-7H3. The van der Waals surface area contributed by atoms with Crippen LogP contribution in [0.1, 0.15) is 54.1 Å². The molecule has 0 saturated carbocycles. The van der Waals surface area contributed by atoms with E-state index in [0.717, 1.165) is 15.4 Å². The van der Waals surface area contributed by atoms with E-state index in [-0.39, 0.29) is 22.4 Å². The average molecular weight is 487 g/mol. The van der Waals surface area contributed by atoms with Crippen molar-refractivity contribution >= 4 is 33.1 Å². The lowest BCUT2D eigenvalue weighted by Crippen LogP contribution is -2.31. The van der Waals surface area contributed by atoms with Gasteiger partial charge in [0.1, 0.15) is 5.01 Å². The van der Waals surface area contributed by atoms with Crippen molar-refractivity contribution in [2.75, 3.05) is 18.0 Å². The Morgan fingerprint density at radius 1 is 1.09 bits per heavy atom.